The molecular weight excluding hydrogens is 242 g/mol. The van der Waals surface area contributed by atoms with Crippen LogP contribution in [0.1, 0.15) is 58.1 Å². The van der Waals surface area contributed by atoms with Gasteiger partial charge in [-0.05, 0) is 30.5 Å². The molecule has 0 aromatic heterocycles. The van der Waals surface area contributed by atoms with Crippen LogP contribution < -0.4 is 5.32 Å². The molecule has 2 heteroatoms. The lowest BCUT2D eigenvalue weighted by Gasteiger charge is -2.28. The molecule has 2 atom stereocenters. The Labute approximate surface area is 117 Å². The molecule has 102 valence electrons. The van der Waals surface area contributed by atoms with Crippen LogP contribution in [0.4, 0.5) is 0 Å². The first-order valence-electron chi connectivity index (χ1n) is 7.22. The summed E-state index contributed by atoms with van der Waals surface area (Å²) < 4.78 is 0. The van der Waals surface area contributed by atoms with Crippen molar-refractivity contribution in [1.29, 1.82) is 0 Å². The standard InChI is InChI=1S/C16H26ClN/c1-4-7-10-13(5-2)16(18-6-3)14-11-8-9-12-15(14)17/h8-9,11-13,16,18H,4-7,10H2,1-3H3. The molecule has 0 saturated carbocycles. The molecule has 1 aromatic carbocycles. The fourth-order valence-corrected chi connectivity index (χ4v) is 2.80. The van der Waals surface area contributed by atoms with Crippen LogP contribution in [0.3, 0.4) is 0 Å². The molecule has 0 saturated heterocycles. The van der Waals surface area contributed by atoms with Crippen LogP contribution in [0.15, 0.2) is 24.3 Å². The van der Waals surface area contributed by atoms with Crippen LogP contribution in [0.5, 0.6) is 0 Å². The normalized spacial score (nSPS) is 14.4. The average molecular weight is 268 g/mol. The second-order valence-corrected chi connectivity index (χ2v) is 5.27. The Morgan fingerprint density at radius 2 is 1.89 bits per heavy atom. The Morgan fingerprint density at radius 3 is 2.44 bits per heavy atom. The summed E-state index contributed by atoms with van der Waals surface area (Å²) in [6.45, 7) is 7.68. The van der Waals surface area contributed by atoms with Crippen LogP contribution in [0, 0.1) is 5.92 Å². The summed E-state index contributed by atoms with van der Waals surface area (Å²) in [4.78, 5) is 0. The Balaban J connectivity index is 2.89. The van der Waals surface area contributed by atoms with Crippen molar-refractivity contribution in [3.63, 3.8) is 0 Å². The monoisotopic (exact) mass is 267 g/mol. The number of hydrogen-bond donors (Lipinski definition) is 1. The molecule has 0 aliphatic rings. The third-order valence-corrected chi connectivity index (χ3v) is 3.93. The molecule has 1 rings (SSSR count). The lowest BCUT2D eigenvalue weighted by molar-refractivity contribution is 0.328. The summed E-state index contributed by atoms with van der Waals surface area (Å²) in [5, 5.41) is 4.50. The Kier molecular flexibility index (Phi) is 7.38. The van der Waals surface area contributed by atoms with E-state index in [1.807, 2.05) is 12.1 Å². The highest BCUT2D eigenvalue weighted by Gasteiger charge is 2.22. The fourth-order valence-electron chi connectivity index (χ4n) is 2.55. The maximum Gasteiger partial charge on any atom is 0.0453 e. The van der Waals surface area contributed by atoms with E-state index in [1.165, 1.54) is 31.2 Å². The van der Waals surface area contributed by atoms with E-state index >= 15 is 0 Å². The van der Waals surface area contributed by atoms with Gasteiger partial charge in [0.05, 0.1) is 0 Å². The van der Waals surface area contributed by atoms with Gasteiger partial charge in [-0.15, -0.1) is 0 Å². The molecule has 0 aliphatic carbocycles. The molecule has 0 aliphatic heterocycles. The van der Waals surface area contributed by atoms with E-state index < -0.39 is 0 Å². The van der Waals surface area contributed by atoms with Crippen molar-refractivity contribution in [1.82, 2.24) is 5.32 Å². The van der Waals surface area contributed by atoms with Crippen LogP contribution in [0.2, 0.25) is 5.02 Å². The lowest BCUT2D eigenvalue weighted by Crippen LogP contribution is -2.28. The van der Waals surface area contributed by atoms with Crippen molar-refractivity contribution in [3.8, 4) is 0 Å². The van der Waals surface area contributed by atoms with Gasteiger partial charge in [0, 0.05) is 11.1 Å². The summed E-state index contributed by atoms with van der Waals surface area (Å²) in [5.74, 6) is 0.671. The Hall–Kier alpha value is -0.530. The number of halogens is 1. The number of unbranched alkanes of at least 4 members (excludes halogenated alkanes) is 1. The van der Waals surface area contributed by atoms with Crippen molar-refractivity contribution in [2.24, 2.45) is 5.92 Å². The van der Waals surface area contributed by atoms with Gasteiger partial charge in [-0.2, -0.15) is 0 Å². The van der Waals surface area contributed by atoms with Gasteiger partial charge in [0.25, 0.3) is 0 Å². The van der Waals surface area contributed by atoms with E-state index in [4.69, 9.17) is 11.6 Å². The summed E-state index contributed by atoms with van der Waals surface area (Å²) in [7, 11) is 0. The summed E-state index contributed by atoms with van der Waals surface area (Å²) in [6.07, 6.45) is 5.03. The molecule has 2 unspecified atom stereocenters. The molecule has 18 heavy (non-hydrogen) atoms. The SMILES string of the molecule is CCCCC(CC)C(NCC)c1ccccc1Cl. The zero-order chi connectivity index (χ0) is 13.4. The lowest BCUT2D eigenvalue weighted by atomic mass is 9.87. The van der Waals surface area contributed by atoms with Crippen LogP contribution in [-0.4, -0.2) is 6.54 Å². The summed E-state index contributed by atoms with van der Waals surface area (Å²) in [5.41, 5.74) is 1.25. The van der Waals surface area contributed by atoms with Crippen molar-refractivity contribution in [2.45, 2.75) is 52.5 Å². The van der Waals surface area contributed by atoms with E-state index in [1.54, 1.807) is 0 Å². The first-order valence-corrected chi connectivity index (χ1v) is 7.60. The van der Waals surface area contributed by atoms with Gasteiger partial charge in [0.2, 0.25) is 0 Å². The van der Waals surface area contributed by atoms with E-state index in [-0.39, 0.29) is 0 Å². The van der Waals surface area contributed by atoms with E-state index in [2.05, 4.69) is 38.2 Å². The first kappa shape index (κ1) is 15.5. The number of nitrogens with one attached hydrogen (secondary N) is 1. The topological polar surface area (TPSA) is 12.0 Å². The molecule has 0 radical (unpaired) electrons. The Morgan fingerprint density at radius 1 is 1.17 bits per heavy atom. The first-order chi connectivity index (χ1) is 8.74. The van der Waals surface area contributed by atoms with Crippen LogP contribution >= 0.6 is 11.6 Å². The second kappa shape index (κ2) is 8.55. The molecule has 0 spiro atoms. The van der Waals surface area contributed by atoms with Crippen molar-refractivity contribution in [2.75, 3.05) is 6.54 Å². The average Bonchev–Trinajstić information content (AvgIpc) is 2.39. The molecule has 0 bridgehead atoms. The molecular formula is C16H26ClN. The predicted octanol–water partition coefficient (Wildman–Crippen LogP) is 5.21. The summed E-state index contributed by atoms with van der Waals surface area (Å²) in [6, 6.07) is 8.62. The van der Waals surface area contributed by atoms with Crippen LogP contribution in [0.25, 0.3) is 0 Å². The second-order valence-electron chi connectivity index (χ2n) is 4.87. The molecule has 1 N–H and O–H groups in total. The van der Waals surface area contributed by atoms with Gasteiger partial charge in [-0.3, -0.25) is 0 Å². The quantitative estimate of drug-likeness (QED) is 0.682. The van der Waals surface area contributed by atoms with Gasteiger partial charge in [0.15, 0.2) is 0 Å². The minimum absolute atomic E-state index is 0.389. The number of hydrogen-bond acceptors (Lipinski definition) is 1. The highest BCUT2D eigenvalue weighted by molar-refractivity contribution is 6.31. The maximum atomic E-state index is 6.35. The fraction of sp³-hybridized carbons (Fsp3) is 0.625. The Bertz CT molecular complexity index is 338. The van der Waals surface area contributed by atoms with E-state index in [0.717, 1.165) is 11.6 Å². The smallest absolute Gasteiger partial charge is 0.0453 e. The van der Waals surface area contributed by atoms with Crippen molar-refractivity contribution in [3.05, 3.63) is 34.9 Å². The molecule has 0 fully saturated rings. The zero-order valence-corrected chi connectivity index (χ0v) is 12.6. The van der Waals surface area contributed by atoms with Crippen molar-refractivity contribution < 1.29 is 0 Å². The van der Waals surface area contributed by atoms with Gasteiger partial charge in [-0.25, -0.2) is 0 Å². The van der Waals surface area contributed by atoms with Crippen molar-refractivity contribution >= 4 is 11.6 Å². The van der Waals surface area contributed by atoms with Gasteiger partial charge >= 0.3 is 0 Å². The highest BCUT2D eigenvalue weighted by atomic mass is 35.5. The van der Waals surface area contributed by atoms with Crippen LogP contribution in [-0.2, 0) is 0 Å². The third-order valence-electron chi connectivity index (χ3n) is 3.59. The molecule has 1 nitrogen and oxygen atoms in total. The number of rotatable bonds is 8. The number of benzene rings is 1. The molecule has 1 aromatic rings. The maximum absolute atomic E-state index is 6.35. The predicted molar refractivity (Wildman–Crippen MR) is 81.2 cm³/mol. The zero-order valence-electron chi connectivity index (χ0n) is 11.9. The van der Waals surface area contributed by atoms with Gasteiger partial charge < -0.3 is 5.32 Å². The summed E-state index contributed by atoms with van der Waals surface area (Å²) >= 11 is 6.35. The third kappa shape index (κ3) is 4.29. The highest BCUT2D eigenvalue weighted by Crippen LogP contribution is 2.32. The molecule has 0 heterocycles. The minimum atomic E-state index is 0.389. The van der Waals surface area contributed by atoms with Gasteiger partial charge in [-0.1, -0.05) is 69.8 Å². The molecule has 0 amide bonds. The minimum Gasteiger partial charge on any atom is -0.310 e. The van der Waals surface area contributed by atoms with E-state index in [9.17, 15) is 0 Å². The largest absolute Gasteiger partial charge is 0.310 e. The van der Waals surface area contributed by atoms with Gasteiger partial charge in [0.1, 0.15) is 0 Å². The van der Waals surface area contributed by atoms with E-state index in [0.29, 0.717) is 12.0 Å².